The Labute approximate surface area is 101 Å². The molecule has 0 aliphatic rings. The first kappa shape index (κ1) is 13.6. The lowest BCUT2D eigenvalue weighted by atomic mass is 10.0. The molecule has 0 aromatic carbocycles. The molecule has 1 unspecified atom stereocenters. The zero-order chi connectivity index (χ0) is 13.1. The van der Waals surface area contributed by atoms with E-state index >= 15 is 0 Å². The minimum Gasteiger partial charge on any atom is -0.480 e. The number of rotatable bonds is 6. The van der Waals surface area contributed by atoms with Crippen molar-refractivity contribution in [2.45, 2.75) is 45.7 Å². The number of aliphatic carboxylic acids is 1. The third-order valence-electron chi connectivity index (χ3n) is 2.91. The molecule has 0 radical (unpaired) electrons. The molecular formula is C11H20N4O2. The van der Waals surface area contributed by atoms with Crippen LogP contribution in [-0.2, 0) is 24.2 Å². The minimum absolute atomic E-state index is 0.273. The van der Waals surface area contributed by atoms with Crippen molar-refractivity contribution < 1.29 is 9.90 Å². The van der Waals surface area contributed by atoms with Gasteiger partial charge in [-0.1, -0.05) is 13.8 Å². The number of carbonyl (C=O) groups is 1. The van der Waals surface area contributed by atoms with E-state index in [9.17, 15) is 9.90 Å². The van der Waals surface area contributed by atoms with Crippen molar-refractivity contribution in [1.29, 1.82) is 0 Å². The molecule has 1 aromatic rings. The average Bonchev–Trinajstić information content (AvgIpc) is 2.70. The second-order valence-electron chi connectivity index (χ2n) is 4.20. The van der Waals surface area contributed by atoms with Crippen molar-refractivity contribution in [2.75, 3.05) is 7.05 Å². The second-order valence-corrected chi connectivity index (χ2v) is 4.20. The number of aryl methyl sites for hydroxylation is 2. The number of hydrogen-bond donors (Lipinski definition) is 2. The standard InChI is InChI=1S/C11H20N4O2/c1-5-8-13-9(6-2)15(14-8)7-11(3,12-4)10(16)17/h12H,5-7H2,1-4H3,(H,16,17). The molecule has 0 saturated carbocycles. The number of hydrogen-bond acceptors (Lipinski definition) is 4. The Hall–Kier alpha value is -1.43. The van der Waals surface area contributed by atoms with E-state index in [-0.39, 0.29) is 6.54 Å². The molecule has 0 saturated heterocycles. The number of carboxylic acid groups (broad SMARTS) is 1. The topological polar surface area (TPSA) is 80.0 Å². The molecule has 6 nitrogen and oxygen atoms in total. The summed E-state index contributed by atoms with van der Waals surface area (Å²) in [5.74, 6) is 0.686. The van der Waals surface area contributed by atoms with Gasteiger partial charge in [-0.25, -0.2) is 9.67 Å². The van der Waals surface area contributed by atoms with Gasteiger partial charge in [0.05, 0.1) is 6.54 Å². The van der Waals surface area contributed by atoms with Crippen molar-refractivity contribution in [3.8, 4) is 0 Å². The van der Waals surface area contributed by atoms with Crippen LogP contribution in [0.3, 0.4) is 0 Å². The van der Waals surface area contributed by atoms with E-state index in [0.717, 1.165) is 24.5 Å². The van der Waals surface area contributed by atoms with Crippen LogP contribution in [0.25, 0.3) is 0 Å². The summed E-state index contributed by atoms with van der Waals surface area (Å²) < 4.78 is 1.68. The third kappa shape index (κ3) is 2.82. The van der Waals surface area contributed by atoms with Crippen LogP contribution in [0.15, 0.2) is 0 Å². The van der Waals surface area contributed by atoms with Crippen LogP contribution in [0.4, 0.5) is 0 Å². The van der Waals surface area contributed by atoms with Gasteiger partial charge < -0.3 is 10.4 Å². The third-order valence-corrected chi connectivity index (χ3v) is 2.91. The van der Waals surface area contributed by atoms with Gasteiger partial charge in [0.25, 0.3) is 0 Å². The molecule has 96 valence electrons. The quantitative estimate of drug-likeness (QED) is 0.755. The van der Waals surface area contributed by atoms with Gasteiger partial charge in [0.2, 0.25) is 0 Å². The highest BCUT2D eigenvalue weighted by Gasteiger charge is 2.32. The Bertz CT molecular complexity index is 402. The Kier molecular flexibility index (Phi) is 4.22. The predicted octanol–water partition coefficient (Wildman–Crippen LogP) is 0.466. The maximum Gasteiger partial charge on any atom is 0.325 e. The second kappa shape index (κ2) is 5.27. The highest BCUT2D eigenvalue weighted by atomic mass is 16.4. The number of nitrogens with zero attached hydrogens (tertiary/aromatic N) is 3. The van der Waals surface area contributed by atoms with E-state index in [2.05, 4.69) is 15.4 Å². The Balaban J connectivity index is 3.00. The lowest BCUT2D eigenvalue weighted by Gasteiger charge is -2.24. The first-order valence-electron chi connectivity index (χ1n) is 5.81. The minimum atomic E-state index is -1.03. The van der Waals surface area contributed by atoms with Gasteiger partial charge in [-0.2, -0.15) is 5.10 Å². The molecule has 17 heavy (non-hydrogen) atoms. The largest absolute Gasteiger partial charge is 0.480 e. The smallest absolute Gasteiger partial charge is 0.325 e. The molecule has 1 aromatic heterocycles. The summed E-state index contributed by atoms with van der Waals surface area (Å²) in [6, 6.07) is 0. The summed E-state index contributed by atoms with van der Waals surface area (Å²) in [6.07, 6.45) is 1.50. The van der Waals surface area contributed by atoms with Crippen molar-refractivity contribution in [2.24, 2.45) is 0 Å². The fourth-order valence-electron chi connectivity index (χ4n) is 1.52. The molecule has 1 atom stereocenters. The van der Waals surface area contributed by atoms with Crippen molar-refractivity contribution in [3.63, 3.8) is 0 Å². The van der Waals surface area contributed by atoms with E-state index in [1.165, 1.54) is 0 Å². The lowest BCUT2D eigenvalue weighted by molar-refractivity contribution is -0.144. The molecule has 0 fully saturated rings. The van der Waals surface area contributed by atoms with E-state index in [4.69, 9.17) is 0 Å². The van der Waals surface area contributed by atoms with Crippen LogP contribution in [0.1, 0.15) is 32.4 Å². The van der Waals surface area contributed by atoms with E-state index in [1.807, 2.05) is 13.8 Å². The average molecular weight is 240 g/mol. The summed E-state index contributed by atoms with van der Waals surface area (Å²) in [7, 11) is 1.64. The van der Waals surface area contributed by atoms with Gasteiger partial charge in [0, 0.05) is 12.8 Å². The van der Waals surface area contributed by atoms with Crippen LogP contribution >= 0.6 is 0 Å². The van der Waals surface area contributed by atoms with Crippen molar-refractivity contribution in [1.82, 2.24) is 20.1 Å². The van der Waals surface area contributed by atoms with Gasteiger partial charge >= 0.3 is 5.97 Å². The molecule has 1 rings (SSSR count). The van der Waals surface area contributed by atoms with Gasteiger partial charge in [0.1, 0.15) is 11.4 Å². The maximum atomic E-state index is 11.2. The van der Waals surface area contributed by atoms with Crippen molar-refractivity contribution >= 4 is 5.97 Å². The monoisotopic (exact) mass is 240 g/mol. The predicted molar refractivity (Wildman–Crippen MR) is 63.9 cm³/mol. The van der Waals surface area contributed by atoms with Crippen LogP contribution in [0.5, 0.6) is 0 Å². The molecule has 1 heterocycles. The van der Waals surface area contributed by atoms with Crippen LogP contribution in [0, 0.1) is 0 Å². The highest BCUT2D eigenvalue weighted by Crippen LogP contribution is 2.10. The number of nitrogens with one attached hydrogen (secondary N) is 1. The fourth-order valence-corrected chi connectivity index (χ4v) is 1.52. The summed E-state index contributed by atoms with van der Waals surface area (Å²) in [4.78, 5) is 15.6. The van der Waals surface area contributed by atoms with Crippen LogP contribution in [-0.4, -0.2) is 38.4 Å². The summed E-state index contributed by atoms with van der Waals surface area (Å²) in [5, 5.41) is 16.3. The molecule has 0 aliphatic carbocycles. The van der Waals surface area contributed by atoms with Gasteiger partial charge in [-0.3, -0.25) is 4.79 Å². The molecule has 6 heteroatoms. The molecule has 2 N–H and O–H groups in total. The zero-order valence-corrected chi connectivity index (χ0v) is 10.8. The number of aromatic nitrogens is 3. The first-order valence-corrected chi connectivity index (χ1v) is 5.81. The summed E-state index contributed by atoms with van der Waals surface area (Å²) in [6.45, 7) is 5.88. The fraction of sp³-hybridized carbons (Fsp3) is 0.727. The maximum absolute atomic E-state index is 11.2. The van der Waals surface area contributed by atoms with Crippen LogP contribution in [0.2, 0.25) is 0 Å². The molecular weight excluding hydrogens is 220 g/mol. The van der Waals surface area contributed by atoms with Crippen LogP contribution < -0.4 is 5.32 Å². The number of likely N-dealkylation sites (N-methyl/N-ethyl adjacent to an activating group) is 1. The molecule has 0 aliphatic heterocycles. The van der Waals surface area contributed by atoms with Gasteiger partial charge in [-0.15, -0.1) is 0 Å². The summed E-state index contributed by atoms with van der Waals surface area (Å²) in [5.41, 5.74) is -1.03. The molecule has 0 bridgehead atoms. The van der Waals surface area contributed by atoms with Gasteiger partial charge in [0.15, 0.2) is 5.82 Å². The Morgan fingerprint density at radius 2 is 2.12 bits per heavy atom. The lowest BCUT2D eigenvalue weighted by Crippen LogP contribution is -2.51. The van der Waals surface area contributed by atoms with E-state index < -0.39 is 11.5 Å². The summed E-state index contributed by atoms with van der Waals surface area (Å²) >= 11 is 0. The first-order chi connectivity index (χ1) is 7.96. The van der Waals surface area contributed by atoms with E-state index in [1.54, 1.807) is 18.7 Å². The highest BCUT2D eigenvalue weighted by molar-refractivity contribution is 5.78. The normalized spacial score (nSPS) is 14.6. The molecule has 0 amide bonds. The van der Waals surface area contributed by atoms with Crippen molar-refractivity contribution in [3.05, 3.63) is 11.6 Å². The number of carboxylic acids is 1. The molecule has 0 spiro atoms. The van der Waals surface area contributed by atoms with Gasteiger partial charge in [-0.05, 0) is 14.0 Å². The Morgan fingerprint density at radius 1 is 1.47 bits per heavy atom. The SMILES string of the molecule is CCc1nc(CC)n(CC(C)(NC)C(=O)O)n1. The Morgan fingerprint density at radius 3 is 2.53 bits per heavy atom. The van der Waals surface area contributed by atoms with E-state index in [0.29, 0.717) is 0 Å². The zero-order valence-electron chi connectivity index (χ0n) is 10.8.